The van der Waals surface area contributed by atoms with Crippen LogP contribution in [0.4, 0.5) is 14.9 Å². The predicted molar refractivity (Wildman–Crippen MR) is 99.4 cm³/mol. The number of hydrogen-bond acceptors (Lipinski definition) is 4. The highest BCUT2D eigenvalue weighted by atomic mass is 32.2. The molecule has 27 heavy (non-hydrogen) atoms. The zero-order valence-electron chi connectivity index (χ0n) is 15.0. The van der Waals surface area contributed by atoms with Crippen LogP contribution in [0.15, 0.2) is 18.2 Å². The van der Waals surface area contributed by atoms with Crippen molar-refractivity contribution in [1.29, 1.82) is 0 Å². The third-order valence-electron chi connectivity index (χ3n) is 5.35. The second-order valence-electron chi connectivity index (χ2n) is 7.41. The fraction of sp³-hybridized carbons (Fsp3) is 0.579. The molecule has 8 heteroatoms. The second-order valence-corrected chi connectivity index (χ2v) is 9.15. The first kappa shape index (κ1) is 18.4. The van der Waals surface area contributed by atoms with Crippen LogP contribution in [-0.2, 0) is 20.3 Å². The van der Waals surface area contributed by atoms with Gasteiger partial charge in [0.05, 0.1) is 24.0 Å². The summed E-state index contributed by atoms with van der Waals surface area (Å²) in [6.07, 6.45) is 3.42. The zero-order valence-corrected chi connectivity index (χ0v) is 15.8. The molecule has 1 aliphatic carbocycles. The Balaban J connectivity index is 1.42. The number of nitrogens with one attached hydrogen (secondary N) is 1. The van der Waals surface area contributed by atoms with E-state index in [0.29, 0.717) is 17.0 Å². The Morgan fingerprint density at radius 3 is 2.81 bits per heavy atom. The molecule has 4 rings (SSSR count). The molecule has 1 aromatic rings. The highest BCUT2D eigenvalue weighted by Crippen LogP contribution is 2.34. The monoisotopic (exact) mass is 394 g/mol. The molecule has 1 saturated carbocycles. The van der Waals surface area contributed by atoms with E-state index >= 15 is 0 Å². The first-order valence-electron chi connectivity index (χ1n) is 9.45. The lowest BCUT2D eigenvalue weighted by atomic mass is 10.0. The summed E-state index contributed by atoms with van der Waals surface area (Å²) in [4.78, 5) is 25.2. The van der Waals surface area contributed by atoms with Crippen LogP contribution in [0.3, 0.4) is 0 Å². The van der Waals surface area contributed by atoms with Crippen molar-refractivity contribution in [1.82, 2.24) is 5.32 Å². The number of carbonyl (C=O) groups excluding carboxylic acids is 2. The van der Waals surface area contributed by atoms with Gasteiger partial charge in [0.1, 0.15) is 11.9 Å². The van der Waals surface area contributed by atoms with Gasteiger partial charge in [-0.2, -0.15) is 0 Å². The molecular weight excluding hydrogens is 371 g/mol. The van der Waals surface area contributed by atoms with E-state index < -0.39 is 28.8 Å². The normalized spacial score (nSPS) is 28.1. The summed E-state index contributed by atoms with van der Waals surface area (Å²) in [5, 5.41) is 2.52. The highest BCUT2D eigenvalue weighted by molar-refractivity contribution is 7.85. The molecule has 2 aliphatic heterocycles. The summed E-state index contributed by atoms with van der Waals surface area (Å²) in [6, 6.07) is 4.62. The zero-order chi connectivity index (χ0) is 19.0. The first-order chi connectivity index (χ1) is 13.0. The van der Waals surface area contributed by atoms with Crippen molar-refractivity contribution in [3.05, 3.63) is 29.6 Å². The van der Waals surface area contributed by atoms with Crippen molar-refractivity contribution in [3.8, 4) is 0 Å². The smallest absolute Gasteiger partial charge is 0.414 e. The van der Waals surface area contributed by atoms with Crippen LogP contribution in [0.25, 0.3) is 0 Å². The number of halogens is 1. The third-order valence-corrected chi connectivity index (χ3v) is 7.16. The standard InChI is InChI=1S/C19H23FN2O4S/c20-16-9-13(6-7-15(16)17-3-1-2-8-27(17)25)22-11-14(26-19(22)24)10-21-18(23)12-4-5-12/h6-7,9,12,14,17H,1-5,8,10-11H2,(H,21,23)/t14?,17-,27+/m1/s1. The van der Waals surface area contributed by atoms with Crippen LogP contribution in [-0.4, -0.2) is 41.2 Å². The van der Waals surface area contributed by atoms with E-state index in [1.54, 1.807) is 12.1 Å². The van der Waals surface area contributed by atoms with Crippen LogP contribution < -0.4 is 10.2 Å². The van der Waals surface area contributed by atoms with Gasteiger partial charge in [-0.05, 0) is 37.8 Å². The van der Waals surface area contributed by atoms with Crippen LogP contribution in [0.5, 0.6) is 0 Å². The average molecular weight is 394 g/mol. The van der Waals surface area contributed by atoms with E-state index in [2.05, 4.69) is 5.32 Å². The number of hydrogen-bond donors (Lipinski definition) is 1. The van der Waals surface area contributed by atoms with E-state index in [1.165, 1.54) is 11.0 Å². The molecule has 6 nitrogen and oxygen atoms in total. The fourth-order valence-corrected chi connectivity index (χ4v) is 5.31. The molecule has 3 aliphatic rings. The minimum atomic E-state index is -1.05. The van der Waals surface area contributed by atoms with Crippen molar-refractivity contribution < 1.29 is 22.9 Å². The van der Waals surface area contributed by atoms with Crippen LogP contribution in [0.1, 0.15) is 42.9 Å². The Morgan fingerprint density at radius 2 is 2.11 bits per heavy atom. The Kier molecular flexibility index (Phi) is 5.16. The number of ether oxygens (including phenoxy) is 1. The minimum Gasteiger partial charge on any atom is -0.442 e. The second kappa shape index (κ2) is 7.58. The molecule has 146 valence electrons. The van der Waals surface area contributed by atoms with Crippen LogP contribution in [0.2, 0.25) is 0 Å². The summed E-state index contributed by atoms with van der Waals surface area (Å²) in [5.41, 5.74) is 0.872. The maximum Gasteiger partial charge on any atom is 0.414 e. The molecule has 1 aromatic carbocycles. The summed E-state index contributed by atoms with van der Waals surface area (Å²) >= 11 is 0. The molecule has 1 unspecified atom stereocenters. The number of anilines is 1. The van der Waals surface area contributed by atoms with Crippen molar-refractivity contribution in [2.45, 2.75) is 43.5 Å². The van der Waals surface area contributed by atoms with Crippen LogP contribution >= 0.6 is 0 Å². The minimum absolute atomic E-state index is 0.000351. The summed E-state index contributed by atoms with van der Waals surface area (Å²) in [6.45, 7) is 0.525. The third kappa shape index (κ3) is 4.00. The number of nitrogens with zero attached hydrogens (tertiary/aromatic N) is 1. The molecule has 3 atom stereocenters. The van der Waals surface area contributed by atoms with Gasteiger partial charge in [0, 0.05) is 28.0 Å². The molecule has 0 radical (unpaired) electrons. The Labute approximate surface area is 159 Å². The van der Waals surface area contributed by atoms with Gasteiger partial charge in [-0.15, -0.1) is 0 Å². The Bertz CT molecular complexity index is 783. The molecular formula is C19H23FN2O4S. The summed E-state index contributed by atoms with van der Waals surface area (Å²) in [7, 11) is -1.05. The average Bonchev–Trinajstić information content (AvgIpc) is 3.43. The Morgan fingerprint density at radius 1 is 1.30 bits per heavy atom. The lowest BCUT2D eigenvalue weighted by Crippen LogP contribution is -2.35. The maximum absolute atomic E-state index is 14.7. The van der Waals surface area contributed by atoms with Crippen molar-refractivity contribution in [2.75, 3.05) is 23.7 Å². The molecule has 0 spiro atoms. The van der Waals surface area contributed by atoms with Crippen LogP contribution in [0, 0.1) is 11.7 Å². The van der Waals surface area contributed by atoms with Gasteiger partial charge in [0.2, 0.25) is 5.91 Å². The van der Waals surface area contributed by atoms with E-state index in [-0.39, 0.29) is 30.2 Å². The topological polar surface area (TPSA) is 75.7 Å². The molecule has 0 aromatic heterocycles. The van der Waals surface area contributed by atoms with Gasteiger partial charge in [0.15, 0.2) is 0 Å². The molecule has 2 amide bonds. The van der Waals surface area contributed by atoms with Crippen molar-refractivity contribution in [2.24, 2.45) is 5.92 Å². The molecule has 2 saturated heterocycles. The van der Waals surface area contributed by atoms with Crippen molar-refractivity contribution in [3.63, 3.8) is 0 Å². The molecule has 3 fully saturated rings. The SMILES string of the molecule is O=C(NCC1CN(c2ccc([C@H]3CCCC[S@@]3=O)c(F)c2)C(=O)O1)C1CC1. The molecule has 2 heterocycles. The van der Waals surface area contributed by atoms with Crippen molar-refractivity contribution >= 4 is 28.5 Å². The van der Waals surface area contributed by atoms with E-state index in [9.17, 15) is 18.2 Å². The maximum atomic E-state index is 14.7. The lowest BCUT2D eigenvalue weighted by molar-refractivity contribution is -0.122. The van der Waals surface area contributed by atoms with Gasteiger partial charge in [-0.1, -0.05) is 12.5 Å². The van der Waals surface area contributed by atoms with Gasteiger partial charge >= 0.3 is 6.09 Å². The number of benzene rings is 1. The number of rotatable bonds is 5. The molecule has 0 bridgehead atoms. The lowest BCUT2D eigenvalue weighted by Gasteiger charge is -2.23. The van der Waals surface area contributed by atoms with Gasteiger partial charge in [-0.3, -0.25) is 13.9 Å². The van der Waals surface area contributed by atoms with Gasteiger partial charge in [-0.25, -0.2) is 9.18 Å². The number of amides is 2. The largest absolute Gasteiger partial charge is 0.442 e. The van der Waals surface area contributed by atoms with Gasteiger partial charge < -0.3 is 10.1 Å². The van der Waals surface area contributed by atoms with E-state index in [1.807, 2.05) is 0 Å². The molecule has 1 N–H and O–H groups in total. The summed E-state index contributed by atoms with van der Waals surface area (Å²) < 4.78 is 32.1. The Hall–Kier alpha value is -1.96. The summed E-state index contributed by atoms with van der Waals surface area (Å²) in [5.74, 6) is 0.273. The quantitative estimate of drug-likeness (QED) is 0.833. The van der Waals surface area contributed by atoms with E-state index in [4.69, 9.17) is 4.74 Å². The number of carbonyl (C=O) groups is 2. The van der Waals surface area contributed by atoms with E-state index in [0.717, 1.165) is 32.1 Å². The van der Waals surface area contributed by atoms with Gasteiger partial charge in [0.25, 0.3) is 0 Å². The first-order valence-corrected chi connectivity index (χ1v) is 10.8. The number of cyclic esters (lactones) is 1. The highest BCUT2D eigenvalue weighted by Gasteiger charge is 2.35. The predicted octanol–water partition coefficient (Wildman–Crippen LogP) is 2.65. The fourth-order valence-electron chi connectivity index (χ4n) is 3.63.